The van der Waals surface area contributed by atoms with Crippen molar-refractivity contribution in [2.45, 2.75) is 26.7 Å². The van der Waals surface area contributed by atoms with Gasteiger partial charge in [0.25, 0.3) is 0 Å². The lowest BCUT2D eigenvalue weighted by Crippen LogP contribution is -2.19. The molecule has 2 heteroatoms. The normalized spacial score (nSPS) is 12.9. The van der Waals surface area contributed by atoms with Crippen LogP contribution in [-0.4, -0.2) is 20.3 Å². The van der Waals surface area contributed by atoms with E-state index in [0.717, 1.165) is 0 Å². The van der Waals surface area contributed by atoms with Gasteiger partial charge >= 0.3 is 0 Å². The molecule has 0 aliphatic carbocycles. The van der Waals surface area contributed by atoms with Crippen LogP contribution in [0.15, 0.2) is 12.1 Å². The molecule has 0 aliphatic heterocycles. The first-order chi connectivity index (χ1) is 7.10. The van der Waals surface area contributed by atoms with Gasteiger partial charge in [0.05, 0.1) is 6.61 Å². The molecule has 0 amide bonds. The third-order valence-electron chi connectivity index (χ3n) is 2.80. The molecule has 84 valence electrons. The fourth-order valence-corrected chi connectivity index (χ4v) is 2.31. The molecule has 1 aromatic rings. The van der Waals surface area contributed by atoms with E-state index < -0.39 is 0 Å². The number of nitrogens with two attached hydrogens (primary N) is 1. The maximum Gasteiger partial charge on any atom is 0.0543 e. The monoisotopic (exact) mass is 207 g/mol. The fourth-order valence-electron chi connectivity index (χ4n) is 2.31. The number of rotatable bonds is 4. The Labute approximate surface area is 92.4 Å². The van der Waals surface area contributed by atoms with Crippen molar-refractivity contribution >= 4 is 0 Å². The van der Waals surface area contributed by atoms with Crippen molar-refractivity contribution in [1.29, 1.82) is 0 Å². The van der Waals surface area contributed by atoms with E-state index in [9.17, 15) is 0 Å². The summed E-state index contributed by atoms with van der Waals surface area (Å²) < 4.78 is 5.21. The number of aryl methyl sites for hydroxylation is 3. The minimum absolute atomic E-state index is 0.315. The van der Waals surface area contributed by atoms with Crippen molar-refractivity contribution in [1.82, 2.24) is 0 Å². The van der Waals surface area contributed by atoms with Crippen molar-refractivity contribution in [3.63, 3.8) is 0 Å². The van der Waals surface area contributed by atoms with Crippen LogP contribution in [0.2, 0.25) is 0 Å². The molecule has 0 heterocycles. The Bertz CT molecular complexity index is 310. The predicted octanol–water partition coefficient (Wildman–Crippen LogP) is 2.30. The molecule has 0 spiro atoms. The molecule has 1 rings (SSSR count). The van der Waals surface area contributed by atoms with Crippen LogP contribution in [0.25, 0.3) is 0 Å². The van der Waals surface area contributed by atoms with Crippen LogP contribution in [0, 0.1) is 20.8 Å². The molecule has 0 bridgehead atoms. The minimum Gasteiger partial charge on any atom is -0.384 e. The van der Waals surface area contributed by atoms with Crippen LogP contribution in [-0.2, 0) is 4.74 Å². The summed E-state index contributed by atoms with van der Waals surface area (Å²) in [5, 5.41) is 0. The molecular formula is C13H21NO. The number of ether oxygens (including phenoxy) is 1. The van der Waals surface area contributed by atoms with Crippen LogP contribution in [0.4, 0.5) is 0 Å². The predicted molar refractivity (Wildman–Crippen MR) is 64.3 cm³/mol. The lowest BCUT2D eigenvalue weighted by Gasteiger charge is -2.20. The molecule has 0 saturated carbocycles. The van der Waals surface area contributed by atoms with Gasteiger partial charge in [-0.15, -0.1) is 0 Å². The summed E-state index contributed by atoms with van der Waals surface area (Å²) in [6, 6.07) is 4.42. The van der Waals surface area contributed by atoms with Crippen LogP contribution in [0.1, 0.15) is 28.2 Å². The topological polar surface area (TPSA) is 35.2 Å². The zero-order valence-corrected chi connectivity index (χ0v) is 10.1. The van der Waals surface area contributed by atoms with Crippen molar-refractivity contribution in [3.05, 3.63) is 34.4 Å². The average molecular weight is 207 g/mol. The number of hydrogen-bond donors (Lipinski definition) is 1. The quantitative estimate of drug-likeness (QED) is 0.822. The Hall–Kier alpha value is -0.860. The molecule has 0 radical (unpaired) electrons. The van der Waals surface area contributed by atoms with Gasteiger partial charge < -0.3 is 10.5 Å². The molecule has 2 N–H and O–H groups in total. The zero-order chi connectivity index (χ0) is 11.4. The summed E-state index contributed by atoms with van der Waals surface area (Å²) in [6.45, 7) is 7.75. The summed E-state index contributed by atoms with van der Waals surface area (Å²) in [6.07, 6.45) is 0. The Morgan fingerprint density at radius 3 is 2.13 bits per heavy atom. The van der Waals surface area contributed by atoms with E-state index in [1.807, 2.05) is 0 Å². The summed E-state index contributed by atoms with van der Waals surface area (Å²) in [5.74, 6) is 0.315. The van der Waals surface area contributed by atoms with E-state index in [2.05, 4.69) is 32.9 Å². The lowest BCUT2D eigenvalue weighted by molar-refractivity contribution is 0.180. The SMILES string of the molecule is COCC(CN)c1c(C)cc(C)cc1C. The molecule has 0 fully saturated rings. The highest BCUT2D eigenvalue weighted by atomic mass is 16.5. The maximum atomic E-state index is 5.79. The summed E-state index contributed by atoms with van der Waals surface area (Å²) in [7, 11) is 1.72. The van der Waals surface area contributed by atoms with E-state index in [1.54, 1.807) is 7.11 Å². The Balaban J connectivity index is 3.11. The Morgan fingerprint density at radius 1 is 1.20 bits per heavy atom. The number of benzene rings is 1. The molecule has 1 aromatic carbocycles. The smallest absolute Gasteiger partial charge is 0.0543 e. The standard InChI is InChI=1S/C13H21NO/c1-9-5-10(2)13(11(3)6-9)12(7-14)8-15-4/h5-6,12H,7-8,14H2,1-4H3. The van der Waals surface area contributed by atoms with E-state index >= 15 is 0 Å². The van der Waals surface area contributed by atoms with Gasteiger partial charge in [-0.25, -0.2) is 0 Å². The highest BCUT2D eigenvalue weighted by molar-refractivity contribution is 5.40. The van der Waals surface area contributed by atoms with Gasteiger partial charge in [-0.1, -0.05) is 17.7 Å². The fraction of sp³-hybridized carbons (Fsp3) is 0.538. The molecule has 1 unspecified atom stereocenters. The van der Waals surface area contributed by atoms with Gasteiger partial charge in [0.2, 0.25) is 0 Å². The molecule has 15 heavy (non-hydrogen) atoms. The molecule has 2 nitrogen and oxygen atoms in total. The molecule has 0 aliphatic rings. The first-order valence-corrected chi connectivity index (χ1v) is 5.37. The minimum atomic E-state index is 0.315. The van der Waals surface area contributed by atoms with Gasteiger partial charge in [-0.05, 0) is 37.5 Å². The maximum absolute atomic E-state index is 5.79. The third kappa shape index (κ3) is 2.80. The summed E-state index contributed by atoms with van der Waals surface area (Å²) in [4.78, 5) is 0. The van der Waals surface area contributed by atoms with E-state index in [1.165, 1.54) is 22.3 Å². The Kier molecular flexibility index (Phi) is 4.30. The van der Waals surface area contributed by atoms with Gasteiger partial charge in [0, 0.05) is 19.6 Å². The Morgan fingerprint density at radius 2 is 1.73 bits per heavy atom. The van der Waals surface area contributed by atoms with E-state index in [-0.39, 0.29) is 0 Å². The van der Waals surface area contributed by atoms with Crippen molar-refractivity contribution in [2.75, 3.05) is 20.3 Å². The lowest BCUT2D eigenvalue weighted by atomic mass is 9.90. The van der Waals surface area contributed by atoms with E-state index in [0.29, 0.717) is 19.1 Å². The first-order valence-electron chi connectivity index (χ1n) is 5.37. The van der Waals surface area contributed by atoms with E-state index in [4.69, 9.17) is 10.5 Å². The molecule has 1 atom stereocenters. The third-order valence-corrected chi connectivity index (χ3v) is 2.80. The zero-order valence-electron chi connectivity index (χ0n) is 10.1. The molecular weight excluding hydrogens is 186 g/mol. The first kappa shape index (κ1) is 12.2. The second kappa shape index (κ2) is 5.29. The number of hydrogen-bond acceptors (Lipinski definition) is 2. The highest BCUT2D eigenvalue weighted by Gasteiger charge is 2.14. The molecule has 0 aromatic heterocycles. The van der Waals surface area contributed by atoms with Gasteiger partial charge in [0.15, 0.2) is 0 Å². The summed E-state index contributed by atoms with van der Waals surface area (Å²) in [5.41, 5.74) is 11.1. The van der Waals surface area contributed by atoms with Crippen LogP contribution in [0.5, 0.6) is 0 Å². The summed E-state index contributed by atoms with van der Waals surface area (Å²) >= 11 is 0. The number of methoxy groups -OCH3 is 1. The largest absolute Gasteiger partial charge is 0.384 e. The van der Waals surface area contributed by atoms with Gasteiger partial charge in [-0.2, -0.15) is 0 Å². The highest BCUT2D eigenvalue weighted by Crippen LogP contribution is 2.24. The second-order valence-corrected chi connectivity index (χ2v) is 4.20. The van der Waals surface area contributed by atoms with Crippen molar-refractivity contribution in [2.24, 2.45) is 5.73 Å². The van der Waals surface area contributed by atoms with Gasteiger partial charge in [-0.3, -0.25) is 0 Å². The van der Waals surface area contributed by atoms with Gasteiger partial charge in [0.1, 0.15) is 0 Å². The second-order valence-electron chi connectivity index (χ2n) is 4.20. The van der Waals surface area contributed by atoms with Crippen molar-refractivity contribution < 1.29 is 4.74 Å². The molecule has 0 saturated heterocycles. The van der Waals surface area contributed by atoms with Crippen LogP contribution >= 0.6 is 0 Å². The average Bonchev–Trinajstić information content (AvgIpc) is 2.14. The van der Waals surface area contributed by atoms with Crippen LogP contribution in [0.3, 0.4) is 0 Å². The van der Waals surface area contributed by atoms with Crippen LogP contribution < -0.4 is 5.73 Å². The van der Waals surface area contributed by atoms with Crippen molar-refractivity contribution in [3.8, 4) is 0 Å².